The number of allylic oxidation sites excluding steroid dienone is 1. The number of carbonyl (C=O) groups is 1. The molecule has 0 aromatic heterocycles. The molecular weight excluding hydrogens is 228 g/mol. The first-order valence-electron chi connectivity index (χ1n) is 4.67. The molecule has 1 aliphatic rings. The smallest absolute Gasteiger partial charge is 0.200 e. The van der Waals surface area contributed by atoms with Crippen LogP contribution >= 0.6 is 0 Å². The Morgan fingerprint density at radius 2 is 2.12 bits per heavy atom. The van der Waals surface area contributed by atoms with Crippen LogP contribution in [0.3, 0.4) is 0 Å². The highest BCUT2D eigenvalue weighted by Crippen LogP contribution is 2.40. The second kappa shape index (κ2) is 3.75. The summed E-state index contributed by atoms with van der Waals surface area (Å²) in [5.41, 5.74) is 1.000. The first-order chi connectivity index (χ1) is 7.60. The highest BCUT2D eigenvalue weighted by molar-refractivity contribution is 7.95. The van der Waals surface area contributed by atoms with Gasteiger partial charge in [0.25, 0.3) is 0 Å². The highest BCUT2D eigenvalue weighted by Gasteiger charge is 2.29. The predicted octanol–water partition coefficient (Wildman–Crippen LogP) is 1.41. The molecule has 16 heavy (non-hydrogen) atoms. The number of benzene rings is 1. The molecule has 0 unspecified atom stereocenters. The lowest BCUT2D eigenvalue weighted by molar-refractivity contribution is -0.107. The quantitative estimate of drug-likeness (QED) is 0.747. The normalized spacial score (nSPS) is 16.4. The summed E-state index contributed by atoms with van der Waals surface area (Å²) >= 11 is 0. The van der Waals surface area contributed by atoms with Crippen LogP contribution in [0.15, 0.2) is 28.5 Å². The zero-order valence-electron chi connectivity index (χ0n) is 8.64. The van der Waals surface area contributed by atoms with Crippen molar-refractivity contribution >= 4 is 21.7 Å². The van der Waals surface area contributed by atoms with Crippen molar-refractivity contribution in [3.63, 3.8) is 0 Å². The van der Waals surface area contributed by atoms with Gasteiger partial charge < -0.3 is 9.53 Å². The lowest BCUT2D eigenvalue weighted by Gasteiger charge is -2.07. The van der Waals surface area contributed by atoms with Crippen LogP contribution in [0.25, 0.3) is 5.57 Å². The van der Waals surface area contributed by atoms with E-state index in [0.717, 1.165) is 5.41 Å². The maximum absolute atomic E-state index is 11.8. The molecule has 1 heterocycles. The van der Waals surface area contributed by atoms with Gasteiger partial charge in [0, 0.05) is 17.4 Å². The lowest BCUT2D eigenvalue weighted by Crippen LogP contribution is -1.95. The number of rotatable bonds is 3. The van der Waals surface area contributed by atoms with Gasteiger partial charge >= 0.3 is 0 Å². The summed E-state index contributed by atoms with van der Waals surface area (Å²) in [5, 5.41) is 1.13. The SMILES string of the molecule is COc1cccc2c1C(CC=O)=CS2(=O)=O. The van der Waals surface area contributed by atoms with Crippen molar-refractivity contribution in [1.29, 1.82) is 0 Å². The van der Waals surface area contributed by atoms with Crippen molar-refractivity contribution in [2.24, 2.45) is 0 Å². The van der Waals surface area contributed by atoms with Crippen LogP contribution in [0.1, 0.15) is 12.0 Å². The molecule has 1 aromatic rings. The maximum atomic E-state index is 11.8. The number of ether oxygens (including phenoxy) is 1. The molecule has 0 aliphatic carbocycles. The van der Waals surface area contributed by atoms with Gasteiger partial charge in [0.1, 0.15) is 12.0 Å². The van der Waals surface area contributed by atoms with Gasteiger partial charge in [0.05, 0.1) is 12.0 Å². The van der Waals surface area contributed by atoms with Crippen LogP contribution in [0, 0.1) is 0 Å². The average Bonchev–Trinajstić information content (AvgIpc) is 2.51. The molecule has 0 saturated carbocycles. The highest BCUT2D eigenvalue weighted by atomic mass is 32.2. The fraction of sp³-hybridized carbons (Fsp3) is 0.182. The van der Waals surface area contributed by atoms with Gasteiger partial charge in [0.2, 0.25) is 9.84 Å². The minimum absolute atomic E-state index is 0.0760. The second-order valence-corrected chi connectivity index (χ2v) is 5.16. The molecule has 1 aromatic carbocycles. The predicted molar refractivity (Wildman–Crippen MR) is 58.8 cm³/mol. The first kappa shape index (κ1) is 10.9. The van der Waals surface area contributed by atoms with E-state index < -0.39 is 9.84 Å². The van der Waals surface area contributed by atoms with E-state index in [-0.39, 0.29) is 11.3 Å². The van der Waals surface area contributed by atoms with Gasteiger partial charge in [-0.2, -0.15) is 0 Å². The Hall–Kier alpha value is -1.62. The summed E-state index contributed by atoms with van der Waals surface area (Å²) in [6, 6.07) is 4.81. The third-order valence-electron chi connectivity index (χ3n) is 2.44. The average molecular weight is 238 g/mol. The summed E-state index contributed by atoms with van der Waals surface area (Å²) in [7, 11) is -1.94. The molecule has 0 atom stereocenters. The lowest BCUT2D eigenvalue weighted by atomic mass is 10.0. The number of sulfone groups is 1. The molecule has 0 spiro atoms. The van der Waals surface area contributed by atoms with E-state index >= 15 is 0 Å². The molecule has 2 rings (SSSR count). The first-order valence-corrected chi connectivity index (χ1v) is 6.21. The number of hydrogen-bond acceptors (Lipinski definition) is 4. The van der Waals surface area contributed by atoms with Crippen LogP contribution in [0.4, 0.5) is 0 Å². The van der Waals surface area contributed by atoms with Crippen molar-refractivity contribution in [1.82, 2.24) is 0 Å². The Kier molecular flexibility index (Phi) is 2.55. The summed E-state index contributed by atoms with van der Waals surface area (Å²) in [5.74, 6) is 0.478. The minimum atomic E-state index is -3.41. The van der Waals surface area contributed by atoms with Gasteiger partial charge in [0.15, 0.2) is 0 Å². The molecular formula is C11H10O4S. The third-order valence-corrected chi connectivity index (χ3v) is 3.98. The van der Waals surface area contributed by atoms with E-state index in [1.807, 2.05) is 0 Å². The summed E-state index contributed by atoms with van der Waals surface area (Å²) < 4.78 is 28.6. The Bertz CT molecular complexity index is 570. The standard InChI is InChI=1S/C11H10O4S/c1-15-9-3-2-4-10-11(9)8(5-6-12)7-16(10,13)14/h2-4,6-7H,5H2,1H3. The van der Waals surface area contributed by atoms with Crippen molar-refractivity contribution in [2.75, 3.05) is 7.11 Å². The van der Waals surface area contributed by atoms with Crippen LogP contribution in [-0.2, 0) is 14.6 Å². The topological polar surface area (TPSA) is 60.4 Å². The number of methoxy groups -OCH3 is 1. The number of aldehydes is 1. The van der Waals surface area contributed by atoms with Crippen LogP contribution in [0.5, 0.6) is 5.75 Å². The van der Waals surface area contributed by atoms with Crippen LogP contribution < -0.4 is 4.74 Å². The molecule has 0 radical (unpaired) electrons. The van der Waals surface area contributed by atoms with E-state index in [1.165, 1.54) is 13.2 Å². The number of fused-ring (bicyclic) bond motifs is 1. The molecule has 4 nitrogen and oxygen atoms in total. The third kappa shape index (κ3) is 1.53. The van der Waals surface area contributed by atoms with Gasteiger partial charge in [-0.3, -0.25) is 0 Å². The Morgan fingerprint density at radius 1 is 1.38 bits per heavy atom. The zero-order valence-corrected chi connectivity index (χ0v) is 9.45. The Balaban J connectivity index is 2.72. The number of carbonyl (C=O) groups excluding carboxylic acids is 1. The van der Waals surface area contributed by atoms with Crippen LogP contribution in [0.2, 0.25) is 0 Å². The Morgan fingerprint density at radius 3 is 2.75 bits per heavy atom. The second-order valence-electron chi connectivity index (χ2n) is 3.39. The van der Waals surface area contributed by atoms with Crippen molar-refractivity contribution < 1.29 is 17.9 Å². The van der Waals surface area contributed by atoms with Gasteiger partial charge in [-0.25, -0.2) is 8.42 Å². The van der Waals surface area contributed by atoms with E-state index in [0.29, 0.717) is 23.2 Å². The van der Waals surface area contributed by atoms with Crippen LogP contribution in [-0.4, -0.2) is 21.8 Å². The van der Waals surface area contributed by atoms with Crippen molar-refractivity contribution in [2.45, 2.75) is 11.3 Å². The Labute approximate surface area is 93.5 Å². The summed E-state index contributed by atoms with van der Waals surface area (Å²) in [6.45, 7) is 0. The minimum Gasteiger partial charge on any atom is -0.496 e. The van der Waals surface area contributed by atoms with Crippen molar-refractivity contribution in [3.05, 3.63) is 29.2 Å². The fourth-order valence-corrected chi connectivity index (χ4v) is 3.28. The molecule has 84 valence electrons. The molecule has 0 amide bonds. The molecule has 0 fully saturated rings. The number of hydrogen-bond donors (Lipinski definition) is 0. The molecule has 0 saturated heterocycles. The molecule has 1 aliphatic heterocycles. The summed E-state index contributed by atoms with van der Waals surface area (Å²) in [4.78, 5) is 10.7. The van der Waals surface area contributed by atoms with E-state index in [2.05, 4.69) is 0 Å². The molecule has 0 N–H and O–H groups in total. The van der Waals surface area contributed by atoms with Gasteiger partial charge in [-0.05, 0) is 17.7 Å². The largest absolute Gasteiger partial charge is 0.496 e. The molecule has 5 heteroatoms. The van der Waals surface area contributed by atoms with E-state index in [1.54, 1.807) is 12.1 Å². The molecule has 0 bridgehead atoms. The van der Waals surface area contributed by atoms with Gasteiger partial charge in [-0.1, -0.05) is 6.07 Å². The summed E-state index contributed by atoms with van der Waals surface area (Å²) in [6.07, 6.45) is 0.759. The zero-order chi connectivity index (χ0) is 11.8. The monoisotopic (exact) mass is 238 g/mol. The maximum Gasteiger partial charge on any atom is 0.200 e. The fourth-order valence-electron chi connectivity index (χ4n) is 1.78. The van der Waals surface area contributed by atoms with Crippen molar-refractivity contribution in [3.8, 4) is 5.75 Å². The van der Waals surface area contributed by atoms with Gasteiger partial charge in [-0.15, -0.1) is 0 Å². The van der Waals surface area contributed by atoms with E-state index in [4.69, 9.17) is 4.74 Å². The van der Waals surface area contributed by atoms with E-state index in [9.17, 15) is 13.2 Å².